The van der Waals surface area contributed by atoms with Crippen LogP contribution in [0.25, 0.3) is 5.65 Å². The fraction of sp³-hybridized carbons (Fsp3) is 0.600. The van der Waals surface area contributed by atoms with E-state index in [0.29, 0.717) is 13.0 Å². The molecule has 2 N–H and O–H groups in total. The molecule has 0 saturated carbocycles. The normalized spacial score (nSPS) is 14.5. The first-order chi connectivity index (χ1) is 10.0. The van der Waals surface area contributed by atoms with Crippen LogP contribution in [0.3, 0.4) is 0 Å². The molecule has 116 valence electrons. The number of nitrogens with zero attached hydrogens (tertiary/aromatic N) is 3. The highest BCUT2D eigenvalue weighted by atomic mass is 16.5. The van der Waals surface area contributed by atoms with Gasteiger partial charge in [-0.2, -0.15) is 5.10 Å². The molecule has 2 unspecified atom stereocenters. The Balaban J connectivity index is 2.02. The number of nitrogens with one attached hydrogen (secondary N) is 1. The SMILES string of the molecule is COCC(O)CCNC(C)c1cnc2cc(C)nn2c1C. The summed E-state index contributed by atoms with van der Waals surface area (Å²) in [6, 6.07) is 2.12. The smallest absolute Gasteiger partial charge is 0.155 e. The molecule has 0 amide bonds. The quantitative estimate of drug-likeness (QED) is 0.807. The average Bonchev–Trinajstić information content (AvgIpc) is 2.81. The number of ether oxygens (including phenoxy) is 1. The van der Waals surface area contributed by atoms with Crippen LogP contribution in [0.5, 0.6) is 0 Å². The summed E-state index contributed by atoms with van der Waals surface area (Å²) in [6.45, 7) is 7.20. The van der Waals surface area contributed by atoms with Gasteiger partial charge in [-0.3, -0.25) is 0 Å². The van der Waals surface area contributed by atoms with Gasteiger partial charge in [0, 0.05) is 36.7 Å². The second kappa shape index (κ2) is 6.98. The molecule has 2 heterocycles. The molecule has 0 spiro atoms. The molecule has 0 aliphatic carbocycles. The van der Waals surface area contributed by atoms with Gasteiger partial charge in [0.1, 0.15) is 0 Å². The molecule has 0 saturated heterocycles. The van der Waals surface area contributed by atoms with Crippen LogP contribution in [0.15, 0.2) is 12.3 Å². The van der Waals surface area contributed by atoms with E-state index < -0.39 is 6.10 Å². The number of aliphatic hydroxyl groups excluding tert-OH is 1. The van der Waals surface area contributed by atoms with Gasteiger partial charge < -0.3 is 15.2 Å². The molecule has 0 aromatic carbocycles. The van der Waals surface area contributed by atoms with Crippen molar-refractivity contribution in [2.45, 2.75) is 39.3 Å². The minimum absolute atomic E-state index is 0.154. The van der Waals surface area contributed by atoms with E-state index in [4.69, 9.17) is 4.74 Å². The number of rotatable bonds is 7. The molecule has 0 aliphatic heterocycles. The molecule has 0 aliphatic rings. The highest BCUT2D eigenvalue weighted by molar-refractivity contribution is 5.42. The Morgan fingerprint density at radius 1 is 1.43 bits per heavy atom. The lowest BCUT2D eigenvalue weighted by molar-refractivity contribution is 0.0590. The van der Waals surface area contributed by atoms with Gasteiger partial charge in [0.15, 0.2) is 5.65 Å². The molecule has 2 aromatic heterocycles. The summed E-state index contributed by atoms with van der Waals surface area (Å²) in [7, 11) is 1.59. The van der Waals surface area contributed by atoms with Crippen LogP contribution >= 0.6 is 0 Å². The third kappa shape index (κ3) is 3.78. The van der Waals surface area contributed by atoms with Crippen molar-refractivity contribution in [3.05, 3.63) is 29.2 Å². The third-order valence-corrected chi connectivity index (χ3v) is 3.64. The van der Waals surface area contributed by atoms with Crippen LogP contribution in [0, 0.1) is 13.8 Å². The van der Waals surface area contributed by atoms with Crippen molar-refractivity contribution < 1.29 is 9.84 Å². The molecular weight excluding hydrogens is 268 g/mol. The van der Waals surface area contributed by atoms with Crippen LogP contribution in [0.2, 0.25) is 0 Å². The first-order valence-corrected chi connectivity index (χ1v) is 7.25. The van der Waals surface area contributed by atoms with E-state index in [1.165, 1.54) is 0 Å². The Morgan fingerprint density at radius 2 is 2.19 bits per heavy atom. The van der Waals surface area contributed by atoms with E-state index >= 15 is 0 Å². The second-order valence-electron chi connectivity index (χ2n) is 5.43. The molecule has 21 heavy (non-hydrogen) atoms. The Kier molecular flexibility index (Phi) is 5.27. The molecule has 2 rings (SSSR count). The molecule has 6 heteroatoms. The number of fused-ring (bicyclic) bond motifs is 1. The average molecular weight is 292 g/mol. The Morgan fingerprint density at radius 3 is 2.90 bits per heavy atom. The van der Waals surface area contributed by atoms with Crippen molar-refractivity contribution in [3.63, 3.8) is 0 Å². The molecular formula is C15H24N4O2. The largest absolute Gasteiger partial charge is 0.391 e. The van der Waals surface area contributed by atoms with Crippen molar-refractivity contribution in [3.8, 4) is 0 Å². The summed E-state index contributed by atoms with van der Waals surface area (Å²) in [5.41, 5.74) is 4.04. The maximum Gasteiger partial charge on any atom is 0.155 e. The lowest BCUT2D eigenvalue weighted by Crippen LogP contribution is -2.26. The van der Waals surface area contributed by atoms with E-state index in [1.807, 2.05) is 23.7 Å². The van der Waals surface area contributed by atoms with Crippen molar-refractivity contribution in [2.24, 2.45) is 0 Å². The van der Waals surface area contributed by atoms with Crippen LogP contribution in [-0.4, -0.2) is 46.1 Å². The van der Waals surface area contributed by atoms with Crippen LogP contribution < -0.4 is 5.32 Å². The lowest BCUT2D eigenvalue weighted by Gasteiger charge is -2.18. The third-order valence-electron chi connectivity index (χ3n) is 3.64. The number of hydrogen-bond acceptors (Lipinski definition) is 5. The van der Waals surface area contributed by atoms with E-state index in [2.05, 4.69) is 29.2 Å². The van der Waals surface area contributed by atoms with Crippen molar-refractivity contribution >= 4 is 5.65 Å². The number of aromatic nitrogens is 3. The van der Waals surface area contributed by atoms with E-state index in [0.717, 1.165) is 29.1 Å². The van der Waals surface area contributed by atoms with Gasteiger partial charge in [-0.25, -0.2) is 9.50 Å². The van der Waals surface area contributed by atoms with Gasteiger partial charge in [-0.15, -0.1) is 0 Å². The van der Waals surface area contributed by atoms with Gasteiger partial charge in [-0.05, 0) is 33.7 Å². The highest BCUT2D eigenvalue weighted by Crippen LogP contribution is 2.17. The Hall–Kier alpha value is -1.50. The lowest BCUT2D eigenvalue weighted by atomic mass is 10.1. The highest BCUT2D eigenvalue weighted by Gasteiger charge is 2.13. The minimum atomic E-state index is -0.426. The zero-order valence-electron chi connectivity index (χ0n) is 13.1. The van der Waals surface area contributed by atoms with E-state index in [-0.39, 0.29) is 6.04 Å². The second-order valence-corrected chi connectivity index (χ2v) is 5.43. The fourth-order valence-corrected chi connectivity index (χ4v) is 2.45. The van der Waals surface area contributed by atoms with Gasteiger partial charge in [-0.1, -0.05) is 0 Å². The van der Waals surface area contributed by atoms with Crippen molar-refractivity contribution in [1.82, 2.24) is 19.9 Å². The summed E-state index contributed by atoms with van der Waals surface area (Å²) in [4.78, 5) is 4.45. The number of aliphatic hydroxyl groups is 1. The summed E-state index contributed by atoms with van der Waals surface area (Å²) in [5, 5.41) is 17.5. The maximum atomic E-state index is 9.64. The zero-order valence-corrected chi connectivity index (χ0v) is 13.1. The molecule has 0 radical (unpaired) electrons. The van der Waals surface area contributed by atoms with Gasteiger partial charge in [0.05, 0.1) is 18.4 Å². The van der Waals surface area contributed by atoms with Gasteiger partial charge in [0.25, 0.3) is 0 Å². The molecule has 0 fully saturated rings. The number of aryl methyl sites for hydroxylation is 2. The van der Waals surface area contributed by atoms with Gasteiger partial charge >= 0.3 is 0 Å². The van der Waals surface area contributed by atoms with E-state index in [1.54, 1.807) is 7.11 Å². The predicted octanol–water partition coefficient (Wildman–Crippen LogP) is 1.39. The fourth-order valence-electron chi connectivity index (χ4n) is 2.45. The van der Waals surface area contributed by atoms with E-state index in [9.17, 15) is 5.11 Å². The monoisotopic (exact) mass is 292 g/mol. The maximum absolute atomic E-state index is 9.64. The summed E-state index contributed by atoms with van der Waals surface area (Å²) in [5.74, 6) is 0. The molecule has 0 bridgehead atoms. The Labute approximate surface area is 125 Å². The topological polar surface area (TPSA) is 71.7 Å². The molecule has 2 aromatic rings. The number of hydrogen-bond donors (Lipinski definition) is 2. The first-order valence-electron chi connectivity index (χ1n) is 7.25. The van der Waals surface area contributed by atoms with Crippen LogP contribution in [0.1, 0.15) is 36.3 Å². The molecule has 2 atom stereocenters. The standard InChI is InChI=1S/C15H24N4O2/c1-10-7-15-17-8-14(12(3)19(15)18-10)11(2)16-6-5-13(20)9-21-4/h7-8,11,13,16,20H,5-6,9H2,1-4H3. The zero-order chi connectivity index (χ0) is 15.4. The summed E-state index contributed by atoms with van der Waals surface area (Å²) in [6.07, 6.45) is 2.13. The minimum Gasteiger partial charge on any atom is -0.391 e. The van der Waals surface area contributed by atoms with Crippen LogP contribution in [-0.2, 0) is 4.74 Å². The van der Waals surface area contributed by atoms with Crippen molar-refractivity contribution in [1.29, 1.82) is 0 Å². The number of methoxy groups -OCH3 is 1. The Bertz CT molecular complexity index is 597. The summed E-state index contributed by atoms with van der Waals surface area (Å²) < 4.78 is 6.79. The molecule has 6 nitrogen and oxygen atoms in total. The first kappa shape index (κ1) is 15.9. The van der Waals surface area contributed by atoms with Crippen molar-refractivity contribution in [2.75, 3.05) is 20.3 Å². The summed E-state index contributed by atoms with van der Waals surface area (Å²) >= 11 is 0. The van der Waals surface area contributed by atoms with Gasteiger partial charge in [0.2, 0.25) is 0 Å². The predicted molar refractivity (Wildman–Crippen MR) is 81.4 cm³/mol. The van der Waals surface area contributed by atoms with Crippen LogP contribution in [0.4, 0.5) is 0 Å².